The second kappa shape index (κ2) is 5.90. The minimum Gasteiger partial charge on any atom is -0.367 e. The molecule has 1 atom stereocenters. The van der Waals surface area contributed by atoms with Gasteiger partial charge in [0, 0.05) is 0 Å². The molecule has 0 aromatic heterocycles. The summed E-state index contributed by atoms with van der Waals surface area (Å²) >= 11 is 0. The number of hydrogen-bond donors (Lipinski definition) is 1. The van der Waals surface area contributed by atoms with E-state index < -0.39 is 21.6 Å². The molecule has 1 amide bonds. The summed E-state index contributed by atoms with van der Waals surface area (Å²) in [6.07, 6.45) is 0. The lowest BCUT2D eigenvalue weighted by Gasteiger charge is -2.26. The Morgan fingerprint density at radius 2 is 1.59 bits per heavy atom. The van der Waals surface area contributed by atoms with Crippen molar-refractivity contribution in [1.29, 1.82) is 0 Å². The normalized spacial score (nSPS) is 14.3. The maximum Gasteiger partial charge on any atom is 0.298 e. The highest BCUT2D eigenvalue weighted by atomic mass is 32.2. The fourth-order valence-electron chi connectivity index (χ4n) is 1.96. The fraction of sp³-hybridized carbons (Fsp3) is 0.188. The van der Waals surface area contributed by atoms with Gasteiger partial charge in [0.2, 0.25) is 0 Å². The van der Waals surface area contributed by atoms with E-state index in [0.717, 1.165) is 5.56 Å². The molecule has 0 radical (unpaired) electrons. The molecule has 6 heteroatoms. The first-order valence-corrected chi connectivity index (χ1v) is 8.04. The molecule has 0 aliphatic carbocycles. The van der Waals surface area contributed by atoms with Crippen LogP contribution in [0.1, 0.15) is 18.1 Å². The Bertz CT molecular complexity index is 770. The van der Waals surface area contributed by atoms with Gasteiger partial charge in [-0.15, -0.1) is 0 Å². The maximum atomic E-state index is 12.4. The molecule has 2 aromatic rings. The zero-order chi connectivity index (χ0) is 16.4. The molecule has 0 saturated heterocycles. The van der Waals surface area contributed by atoms with Gasteiger partial charge in [0.05, 0.1) is 4.90 Å². The van der Waals surface area contributed by atoms with Crippen LogP contribution in [0.2, 0.25) is 0 Å². The zero-order valence-electron chi connectivity index (χ0n) is 12.3. The van der Waals surface area contributed by atoms with Crippen LogP contribution in [0.15, 0.2) is 59.5 Å². The summed E-state index contributed by atoms with van der Waals surface area (Å²) in [4.78, 5) is 11.8. The van der Waals surface area contributed by atoms with Gasteiger partial charge in [0.15, 0.2) is 5.60 Å². The Morgan fingerprint density at radius 3 is 2.09 bits per heavy atom. The number of nitrogens with two attached hydrogens (primary N) is 1. The number of carbonyl (C=O) groups excluding carboxylic acids is 1. The standard InChI is InChI=1S/C16H17NO4S/c1-12-8-10-14(11-9-12)22(19,20)21-16(2,15(17)18)13-6-4-3-5-7-13/h3-11H,1-2H3,(H2,17,18). The summed E-state index contributed by atoms with van der Waals surface area (Å²) in [5.74, 6) is -0.880. The van der Waals surface area contributed by atoms with E-state index in [-0.39, 0.29) is 4.90 Å². The highest BCUT2D eigenvalue weighted by Crippen LogP contribution is 2.29. The average molecular weight is 319 g/mol. The van der Waals surface area contributed by atoms with Gasteiger partial charge in [-0.3, -0.25) is 4.79 Å². The lowest BCUT2D eigenvalue weighted by molar-refractivity contribution is -0.132. The van der Waals surface area contributed by atoms with Gasteiger partial charge in [-0.25, -0.2) is 4.18 Å². The SMILES string of the molecule is Cc1ccc(S(=O)(=O)OC(C)(C(N)=O)c2ccccc2)cc1. The summed E-state index contributed by atoms with van der Waals surface area (Å²) < 4.78 is 30.0. The van der Waals surface area contributed by atoms with Gasteiger partial charge >= 0.3 is 0 Å². The Morgan fingerprint density at radius 1 is 1.05 bits per heavy atom. The molecule has 2 N–H and O–H groups in total. The number of aryl methyl sites for hydroxylation is 1. The van der Waals surface area contributed by atoms with Crippen LogP contribution in [0.25, 0.3) is 0 Å². The van der Waals surface area contributed by atoms with Crippen LogP contribution < -0.4 is 5.73 Å². The van der Waals surface area contributed by atoms with Crippen molar-refractivity contribution < 1.29 is 17.4 Å². The summed E-state index contributed by atoms with van der Waals surface area (Å²) in [6.45, 7) is 3.19. The summed E-state index contributed by atoms with van der Waals surface area (Å²) in [5, 5.41) is 0. The number of primary amides is 1. The van der Waals surface area contributed by atoms with Crippen LogP contribution >= 0.6 is 0 Å². The van der Waals surface area contributed by atoms with Gasteiger partial charge < -0.3 is 5.73 Å². The van der Waals surface area contributed by atoms with Crippen molar-refractivity contribution in [2.45, 2.75) is 24.3 Å². The molecule has 0 spiro atoms. The number of amides is 1. The highest BCUT2D eigenvalue weighted by molar-refractivity contribution is 7.86. The molecule has 0 bridgehead atoms. The Balaban J connectivity index is 2.44. The third-order valence-electron chi connectivity index (χ3n) is 3.38. The van der Waals surface area contributed by atoms with Crippen molar-refractivity contribution in [3.63, 3.8) is 0 Å². The van der Waals surface area contributed by atoms with Gasteiger partial charge in [-0.1, -0.05) is 48.0 Å². The van der Waals surface area contributed by atoms with Crippen LogP contribution in [-0.2, 0) is 24.7 Å². The van der Waals surface area contributed by atoms with Gasteiger partial charge in [0.1, 0.15) is 0 Å². The van der Waals surface area contributed by atoms with Crippen LogP contribution in [0.4, 0.5) is 0 Å². The minimum atomic E-state index is -4.13. The molecular formula is C16H17NO4S. The molecule has 0 heterocycles. The quantitative estimate of drug-likeness (QED) is 0.855. The van der Waals surface area contributed by atoms with Crippen LogP contribution in [0, 0.1) is 6.92 Å². The molecule has 2 aromatic carbocycles. The monoisotopic (exact) mass is 319 g/mol. The van der Waals surface area contributed by atoms with Crippen molar-refractivity contribution in [1.82, 2.24) is 0 Å². The molecule has 116 valence electrons. The van der Waals surface area contributed by atoms with E-state index in [0.29, 0.717) is 5.56 Å². The molecule has 0 fully saturated rings. The Labute approximate surface area is 129 Å². The molecule has 2 rings (SSSR count). The first kappa shape index (κ1) is 16.2. The van der Waals surface area contributed by atoms with Crippen LogP contribution in [-0.4, -0.2) is 14.3 Å². The third-order valence-corrected chi connectivity index (χ3v) is 4.78. The van der Waals surface area contributed by atoms with E-state index in [4.69, 9.17) is 9.92 Å². The largest absolute Gasteiger partial charge is 0.367 e. The number of benzene rings is 2. The molecule has 1 unspecified atom stereocenters. The van der Waals surface area contributed by atoms with E-state index in [1.807, 2.05) is 6.92 Å². The summed E-state index contributed by atoms with van der Waals surface area (Å²) in [6, 6.07) is 14.5. The summed E-state index contributed by atoms with van der Waals surface area (Å²) in [5.41, 5.74) is 4.90. The van der Waals surface area contributed by atoms with Gasteiger partial charge in [-0.05, 0) is 31.5 Å². The zero-order valence-corrected chi connectivity index (χ0v) is 13.1. The Hall–Kier alpha value is -2.18. The van der Waals surface area contributed by atoms with Crippen molar-refractivity contribution in [3.05, 3.63) is 65.7 Å². The molecule has 0 saturated carbocycles. The van der Waals surface area contributed by atoms with Gasteiger partial charge in [-0.2, -0.15) is 8.42 Å². The van der Waals surface area contributed by atoms with Gasteiger partial charge in [0.25, 0.3) is 16.0 Å². The first-order chi connectivity index (χ1) is 10.3. The topological polar surface area (TPSA) is 86.5 Å². The van der Waals surface area contributed by atoms with Crippen LogP contribution in [0.5, 0.6) is 0 Å². The number of rotatable bonds is 5. The van der Waals surface area contributed by atoms with Crippen LogP contribution in [0.3, 0.4) is 0 Å². The molecule has 22 heavy (non-hydrogen) atoms. The average Bonchev–Trinajstić information content (AvgIpc) is 2.48. The van der Waals surface area contributed by atoms with Crippen molar-refractivity contribution in [2.75, 3.05) is 0 Å². The second-order valence-corrected chi connectivity index (χ2v) is 6.66. The van der Waals surface area contributed by atoms with E-state index in [1.54, 1.807) is 42.5 Å². The molecular weight excluding hydrogens is 302 g/mol. The predicted molar refractivity (Wildman–Crippen MR) is 82.4 cm³/mol. The molecule has 0 aliphatic rings. The Kier molecular flexibility index (Phi) is 4.35. The molecule has 5 nitrogen and oxygen atoms in total. The highest BCUT2D eigenvalue weighted by Gasteiger charge is 2.40. The van der Waals surface area contributed by atoms with Crippen molar-refractivity contribution in [2.24, 2.45) is 5.73 Å². The fourth-order valence-corrected chi connectivity index (χ4v) is 3.14. The second-order valence-electron chi connectivity index (χ2n) is 5.11. The predicted octanol–water partition coefficient (Wildman–Crippen LogP) is 2.10. The van der Waals surface area contributed by atoms with Crippen molar-refractivity contribution >= 4 is 16.0 Å². The first-order valence-electron chi connectivity index (χ1n) is 6.63. The lowest BCUT2D eigenvalue weighted by Crippen LogP contribution is -2.42. The van der Waals surface area contributed by atoms with E-state index in [1.165, 1.54) is 19.1 Å². The number of hydrogen-bond acceptors (Lipinski definition) is 4. The maximum absolute atomic E-state index is 12.4. The summed E-state index contributed by atoms with van der Waals surface area (Å²) in [7, 11) is -4.13. The smallest absolute Gasteiger partial charge is 0.298 e. The lowest BCUT2D eigenvalue weighted by atomic mass is 9.96. The van der Waals surface area contributed by atoms with Crippen molar-refractivity contribution in [3.8, 4) is 0 Å². The third kappa shape index (κ3) is 3.18. The molecule has 0 aliphatic heterocycles. The van der Waals surface area contributed by atoms with E-state index in [2.05, 4.69) is 0 Å². The number of carbonyl (C=O) groups is 1. The van der Waals surface area contributed by atoms with E-state index >= 15 is 0 Å². The van der Waals surface area contributed by atoms with E-state index in [9.17, 15) is 13.2 Å². The minimum absolute atomic E-state index is 0.0264.